The van der Waals surface area contributed by atoms with Crippen molar-refractivity contribution in [3.05, 3.63) is 87.7 Å². The Labute approximate surface area is 156 Å². The first kappa shape index (κ1) is 14.6. The maximum Gasteiger partial charge on any atom is 0.116 e. The summed E-state index contributed by atoms with van der Waals surface area (Å²) in [5, 5.41) is 7.34. The fourth-order valence-electron chi connectivity index (χ4n) is 4.65. The van der Waals surface area contributed by atoms with E-state index in [1.54, 1.807) is 0 Å². The highest BCUT2D eigenvalue weighted by molar-refractivity contribution is 7.10. The Morgan fingerprint density at radius 3 is 2.77 bits per heavy atom. The first-order valence-corrected chi connectivity index (χ1v) is 10.0. The third-order valence-electron chi connectivity index (χ3n) is 5.76. The number of thiophene rings is 1. The minimum absolute atomic E-state index is 0.231. The molecule has 2 aromatic carbocycles. The van der Waals surface area contributed by atoms with Gasteiger partial charge >= 0.3 is 0 Å². The first-order valence-electron chi connectivity index (χ1n) is 9.14. The molecule has 0 radical (unpaired) electrons. The predicted molar refractivity (Wildman–Crippen MR) is 108 cm³/mol. The van der Waals surface area contributed by atoms with Gasteiger partial charge in [0.15, 0.2) is 0 Å². The summed E-state index contributed by atoms with van der Waals surface area (Å²) in [5.74, 6) is 0. The van der Waals surface area contributed by atoms with E-state index in [4.69, 9.17) is 0 Å². The number of fused-ring (bicyclic) bond motifs is 7. The summed E-state index contributed by atoms with van der Waals surface area (Å²) in [7, 11) is 0. The van der Waals surface area contributed by atoms with Gasteiger partial charge in [-0.05, 0) is 41.1 Å². The smallest absolute Gasteiger partial charge is 0.116 e. The SMILES string of the molecule is c1csc([C@H]2Nc3ccccc3[C@H]3c4[nH]c5ccccc5c4CCN32)c1. The zero-order valence-electron chi connectivity index (χ0n) is 14.3. The number of nitrogens with one attached hydrogen (secondary N) is 2. The Morgan fingerprint density at radius 2 is 1.85 bits per heavy atom. The highest BCUT2D eigenvalue weighted by atomic mass is 32.1. The van der Waals surface area contributed by atoms with Crippen LogP contribution in [0.4, 0.5) is 5.69 Å². The molecule has 0 unspecified atom stereocenters. The number of H-pyrrole nitrogens is 1. The van der Waals surface area contributed by atoms with E-state index in [-0.39, 0.29) is 12.2 Å². The molecule has 128 valence electrons. The van der Waals surface area contributed by atoms with Crippen LogP contribution in [0.2, 0.25) is 0 Å². The summed E-state index contributed by atoms with van der Waals surface area (Å²) in [6.45, 7) is 1.06. The molecule has 6 rings (SSSR count). The van der Waals surface area contributed by atoms with Crippen LogP contribution in [0, 0.1) is 0 Å². The van der Waals surface area contributed by atoms with Crippen LogP contribution in [-0.4, -0.2) is 16.4 Å². The van der Waals surface area contributed by atoms with E-state index >= 15 is 0 Å². The summed E-state index contributed by atoms with van der Waals surface area (Å²) in [6, 6.07) is 22.1. The predicted octanol–water partition coefficient (Wildman–Crippen LogP) is 5.30. The van der Waals surface area contributed by atoms with Gasteiger partial charge in [-0.2, -0.15) is 0 Å². The monoisotopic (exact) mass is 357 g/mol. The second kappa shape index (κ2) is 5.47. The van der Waals surface area contributed by atoms with E-state index < -0.39 is 0 Å². The topological polar surface area (TPSA) is 31.1 Å². The van der Waals surface area contributed by atoms with E-state index in [2.05, 4.69) is 81.2 Å². The van der Waals surface area contributed by atoms with E-state index in [0.717, 1.165) is 13.0 Å². The van der Waals surface area contributed by atoms with Gasteiger partial charge in [0, 0.05) is 33.7 Å². The van der Waals surface area contributed by atoms with Crippen molar-refractivity contribution in [2.24, 2.45) is 0 Å². The van der Waals surface area contributed by atoms with Gasteiger partial charge in [0.05, 0.1) is 6.04 Å². The van der Waals surface area contributed by atoms with E-state index in [0.29, 0.717) is 0 Å². The van der Waals surface area contributed by atoms with Crippen LogP contribution in [0.3, 0.4) is 0 Å². The zero-order chi connectivity index (χ0) is 17.1. The molecule has 0 spiro atoms. The van der Waals surface area contributed by atoms with Crippen LogP contribution >= 0.6 is 11.3 Å². The van der Waals surface area contributed by atoms with Gasteiger partial charge < -0.3 is 10.3 Å². The lowest BCUT2D eigenvalue weighted by atomic mass is 9.89. The second-order valence-corrected chi connectivity index (χ2v) is 8.08. The summed E-state index contributed by atoms with van der Waals surface area (Å²) < 4.78 is 0. The molecule has 4 heterocycles. The van der Waals surface area contributed by atoms with Crippen molar-refractivity contribution < 1.29 is 0 Å². The molecule has 0 fully saturated rings. The number of aromatic amines is 1. The molecule has 2 atom stereocenters. The highest BCUT2D eigenvalue weighted by Crippen LogP contribution is 2.48. The maximum atomic E-state index is 3.79. The number of aromatic nitrogens is 1. The lowest BCUT2D eigenvalue weighted by molar-refractivity contribution is 0.154. The Hall–Kier alpha value is -2.56. The molecule has 0 amide bonds. The second-order valence-electron chi connectivity index (χ2n) is 7.10. The van der Waals surface area contributed by atoms with Crippen LogP contribution in [-0.2, 0) is 6.42 Å². The quantitative estimate of drug-likeness (QED) is 0.484. The van der Waals surface area contributed by atoms with E-state index in [1.165, 1.54) is 38.3 Å². The van der Waals surface area contributed by atoms with E-state index in [9.17, 15) is 0 Å². The minimum atomic E-state index is 0.231. The molecule has 4 heteroatoms. The highest BCUT2D eigenvalue weighted by Gasteiger charge is 2.40. The van der Waals surface area contributed by atoms with Gasteiger partial charge in [-0.1, -0.05) is 42.5 Å². The normalized spacial score (nSPS) is 21.7. The molecule has 2 aliphatic rings. The number of rotatable bonds is 1. The van der Waals surface area contributed by atoms with Crippen LogP contribution in [0.5, 0.6) is 0 Å². The largest absolute Gasteiger partial charge is 0.365 e. The number of anilines is 1. The van der Waals surface area contributed by atoms with Gasteiger partial charge in [0.25, 0.3) is 0 Å². The maximum absolute atomic E-state index is 3.79. The third kappa shape index (κ3) is 1.97. The van der Waals surface area contributed by atoms with Crippen molar-refractivity contribution in [3.8, 4) is 0 Å². The van der Waals surface area contributed by atoms with Crippen LogP contribution in [0.1, 0.15) is 33.9 Å². The van der Waals surface area contributed by atoms with Gasteiger partial charge in [0.2, 0.25) is 0 Å². The fourth-order valence-corrected chi connectivity index (χ4v) is 5.44. The third-order valence-corrected chi connectivity index (χ3v) is 6.69. The average molecular weight is 357 g/mol. The Morgan fingerprint density at radius 1 is 0.962 bits per heavy atom. The Kier molecular flexibility index (Phi) is 3.07. The number of hydrogen-bond acceptors (Lipinski definition) is 3. The van der Waals surface area contributed by atoms with Crippen LogP contribution in [0.25, 0.3) is 10.9 Å². The van der Waals surface area contributed by atoms with Crippen molar-refractivity contribution in [2.45, 2.75) is 18.6 Å². The molecule has 4 aromatic rings. The molecule has 0 bridgehead atoms. The Bertz CT molecular complexity index is 1100. The van der Waals surface area contributed by atoms with Crippen LogP contribution < -0.4 is 5.32 Å². The molecule has 26 heavy (non-hydrogen) atoms. The van der Waals surface area contributed by atoms with Crippen LogP contribution in [0.15, 0.2) is 66.0 Å². The molecule has 2 aromatic heterocycles. The number of para-hydroxylation sites is 2. The Balaban J connectivity index is 1.59. The molecule has 2 aliphatic heterocycles. The zero-order valence-corrected chi connectivity index (χ0v) is 15.1. The number of benzene rings is 2. The lowest BCUT2D eigenvalue weighted by Gasteiger charge is -2.46. The van der Waals surface area contributed by atoms with Gasteiger partial charge in [-0.15, -0.1) is 11.3 Å². The lowest BCUT2D eigenvalue weighted by Crippen LogP contribution is -2.44. The summed E-state index contributed by atoms with van der Waals surface area (Å²) in [6.07, 6.45) is 1.32. The minimum Gasteiger partial charge on any atom is -0.365 e. The number of nitrogens with zero attached hydrogens (tertiary/aromatic N) is 1. The van der Waals surface area contributed by atoms with Crippen molar-refractivity contribution in [3.63, 3.8) is 0 Å². The molecule has 3 nitrogen and oxygen atoms in total. The average Bonchev–Trinajstić information content (AvgIpc) is 3.34. The molecular formula is C22H19N3S. The number of hydrogen-bond donors (Lipinski definition) is 2. The van der Waals surface area contributed by atoms with Gasteiger partial charge in [0.1, 0.15) is 6.17 Å². The summed E-state index contributed by atoms with van der Waals surface area (Å²) >= 11 is 1.83. The van der Waals surface area contributed by atoms with Gasteiger partial charge in [-0.25, -0.2) is 0 Å². The van der Waals surface area contributed by atoms with Crippen molar-refractivity contribution in [1.29, 1.82) is 0 Å². The van der Waals surface area contributed by atoms with E-state index in [1.807, 2.05) is 11.3 Å². The van der Waals surface area contributed by atoms with Crippen molar-refractivity contribution in [2.75, 3.05) is 11.9 Å². The first-order chi connectivity index (χ1) is 12.9. The van der Waals surface area contributed by atoms with Crippen molar-refractivity contribution in [1.82, 2.24) is 9.88 Å². The molecular weight excluding hydrogens is 338 g/mol. The molecule has 0 saturated carbocycles. The summed E-state index contributed by atoms with van der Waals surface area (Å²) in [5.41, 5.74) is 6.73. The van der Waals surface area contributed by atoms with Gasteiger partial charge in [-0.3, -0.25) is 4.90 Å². The molecule has 0 aliphatic carbocycles. The molecule has 0 saturated heterocycles. The molecule has 2 N–H and O–H groups in total. The van der Waals surface area contributed by atoms with Crippen molar-refractivity contribution >= 4 is 27.9 Å². The summed E-state index contributed by atoms with van der Waals surface area (Å²) in [4.78, 5) is 7.75. The fraction of sp³-hybridized carbons (Fsp3) is 0.182. The standard InChI is InChI=1S/C22H19N3S/c1-3-8-17-14(6-1)15-11-12-25-21(20(15)23-17)16-7-2-4-9-18(16)24-22(25)19-10-5-13-26-19/h1-10,13,21-24H,11-12H2/t21-,22-/m0/s1.